The lowest BCUT2D eigenvalue weighted by Crippen LogP contribution is -2.17. The molecule has 23 heavy (non-hydrogen) atoms. The zero-order valence-corrected chi connectivity index (χ0v) is 14.3. The van der Waals surface area contributed by atoms with Crippen LogP contribution in [0.4, 0.5) is 5.82 Å². The number of aromatic nitrogens is 2. The van der Waals surface area contributed by atoms with Crippen molar-refractivity contribution in [2.24, 2.45) is 0 Å². The maximum Gasteiger partial charge on any atom is 0.138 e. The van der Waals surface area contributed by atoms with Gasteiger partial charge in [-0.3, -0.25) is 0 Å². The highest BCUT2D eigenvalue weighted by molar-refractivity contribution is 7.99. The minimum Gasteiger partial charge on any atom is -0.363 e. The molecule has 3 nitrogen and oxygen atoms in total. The van der Waals surface area contributed by atoms with Gasteiger partial charge in [-0.25, -0.2) is 9.97 Å². The van der Waals surface area contributed by atoms with Crippen LogP contribution in [0.2, 0.25) is 0 Å². The predicted molar refractivity (Wildman–Crippen MR) is 97.6 cm³/mol. The first-order valence-corrected chi connectivity index (χ1v) is 9.94. The molecule has 0 unspecified atom stereocenters. The average Bonchev–Trinajstić information content (AvgIpc) is 3.16. The Balaban J connectivity index is 1.58. The van der Waals surface area contributed by atoms with Gasteiger partial charge in [0, 0.05) is 15.5 Å². The smallest absolute Gasteiger partial charge is 0.138 e. The Morgan fingerprint density at radius 3 is 3.09 bits per heavy atom. The lowest BCUT2D eigenvalue weighted by atomic mass is 10.0. The molecule has 116 valence electrons. The molecule has 3 heterocycles. The number of nitrogens with one attached hydrogen (secondary N) is 1. The van der Waals surface area contributed by atoms with Crippen LogP contribution in [0.15, 0.2) is 35.5 Å². The maximum atomic E-state index is 4.60. The molecular formula is C18H17N3S2. The van der Waals surface area contributed by atoms with Crippen molar-refractivity contribution in [1.82, 2.24) is 9.97 Å². The second kappa shape index (κ2) is 5.49. The fourth-order valence-corrected chi connectivity index (χ4v) is 6.05. The van der Waals surface area contributed by atoms with Gasteiger partial charge in [-0.15, -0.1) is 23.1 Å². The quantitative estimate of drug-likeness (QED) is 0.726. The van der Waals surface area contributed by atoms with Gasteiger partial charge in [0.2, 0.25) is 0 Å². The lowest BCUT2D eigenvalue weighted by Gasteiger charge is -2.26. The Bertz CT molecular complexity index is 887. The van der Waals surface area contributed by atoms with E-state index in [1.54, 1.807) is 6.33 Å². The molecule has 0 spiro atoms. The highest BCUT2D eigenvalue weighted by Gasteiger charge is 2.24. The Morgan fingerprint density at radius 2 is 2.09 bits per heavy atom. The van der Waals surface area contributed by atoms with Crippen molar-refractivity contribution in [3.63, 3.8) is 0 Å². The molecule has 1 aromatic carbocycles. The Morgan fingerprint density at radius 1 is 1.13 bits per heavy atom. The second-order valence-corrected chi connectivity index (χ2v) is 8.35. The van der Waals surface area contributed by atoms with Crippen LogP contribution in [0.25, 0.3) is 10.2 Å². The monoisotopic (exact) mass is 339 g/mol. The fourth-order valence-electron chi connectivity index (χ4n) is 3.70. The van der Waals surface area contributed by atoms with Crippen molar-refractivity contribution in [2.45, 2.75) is 36.6 Å². The molecule has 0 fully saturated rings. The molecule has 2 aromatic heterocycles. The number of fused-ring (bicyclic) bond motifs is 4. The number of nitrogens with zero attached hydrogens (tertiary/aromatic N) is 2. The van der Waals surface area contributed by atoms with Gasteiger partial charge in [0.05, 0.1) is 11.4 Å². The van der Waals surface area contributed by atoms with Crippen LogP contribution < -0.4 is 5.32 Å². The molecule has 5 heteroatoms. The summed E-state index contributed by atoms with van der Waals surface area (Å²) in [5.74, 6) is 2.19. The van der Waals surface area contributed by atoms with E-state index in [1.165, 1.54) is 45.5 Å². The van der Waals surface area contributed by atoms with Crippen LogP contribution in [0, 0.1) is 0 Å². The van der Waals surface area contributed by atoms with E-state index in [1.807, 2.05) is 23.1 Å². The number of hydrogen-bond acceptors (Lipinski definition) is 5. The largest absolute Gasteiger partial charge is 0.363 e. The molecule has 1 atom stereocenters. The van der Waals surface area contributed by atoms with E-state index in [2.05, 4.69) is 39.6 Å². The van der Waals surface area contributed by atoms with Crippen molar-refractivity contribution in [3.8, 4) is 0 Å². The van der Waals surface area contributed by atoms with Crippen LogP contribution >= 0.6 is 23.1 Å². The van der Waals surface area contributed by atoms with Gasteiger partial charge in [0.1, 0.15) is 17.0 Å². The highest BCUT2D eigenvalue weighted by Crippen LogP contribution is 2.42. The minimum absolute atomic E-state index is 0.350. The summed E-state index contributed by atoms with van der Waals surface area (Å²) in [4.78, 5) is 13.2. The van der Waals surface area contributed by atoms with Crippen molar-refractivity contribution < 1.29 is 0 Å². The third-order valence-electron chi connectivity index (χ3n) is 4.77. The minimum atomic E-state index is 0.350. The van der Waals surface area contributed by atoms with Crippen LogP contribution in [0.1, 0.15) is 34.9 Å². The van der Waals surface area contributed by atoms with Crippen LogP contribution in [0.5, 0.6) is 0 Å². The van der Waals surface area contributed by atoms with E-state index in [9.17, 15) is 0 Å². The van der Waals surface area contributed by atoms with Crippen molar-refractivity contribution in [1.29, 1.82) is 0 Å². The summed E-state index contributed by atoms with van der Waals surface area (Å²) in [5.41, 5.74) is 2.90. The first kappa shape index (κ1) is 13.8. The van der Waals surface area contributed by atoms with Crippen molar-refractivity contribution in [3.05, 3.63) is 46.6 Å². The maximum absolute atomic E-state index is 4.60. The van der Waals surface area contributed by atoms with Crippen LogP contribution in [0.3, 0.4) is 0 Å². The standard InChI is InChI=1S/C18H17N3S2/c1-2-6-14-11(4-1)13(8-9-22-14)21-17-16-12-5-3-7-15(12)23-18(16)20-10-19-17/h1-2,4,6,10,13H,3,5,7-9H2,(H,19,20,21)/t13-/m1/s1. The Labute approximate surface area is 143 Å². The second-order valence-electron chi connectivity index (χ2n) is 6.13. The summed E-state index contributed by atoms with van der Waals surface area (Å²) < 4.78 is 0. The van der Waals surface area contributed by atoms with Crippen molar-refractivity contribution >= 4 is 39.1 Å². The van der Waals surface area contributed by atoms with Gasteiger partial charge in [0.15, 0.2) is 0 Å². The molecule has 5 rings (SSSR count). The molecule has 1 aliphatic heterocycles. The number of anilines is 1. The highest BCUT2D eigenvalue weighted by atomic mass is 32.2. The summed E-state index contributed by atoms with van der Waals surface area (Å²) in [5, 5.41) is 5.02. The van der Waals surface area contributed by atoms with Gasteiger partial charge in [-0.05, 0) is 42.9 Å². The van der Waals surface area contributed by atoms with Crippen LogP contribution in [-0.2, 0) is 12.8 Å². The van der Waals surface area contributed by atoms with E-state index in [4.69, 9.17) is 0 Å². The van der Waals surface area contributed by atoms with E-state index in [-0.39, 0.29) is 0 Å². The van der Waals surface area contributed by atoms with Gasteiger partial charge in [-0.2, -0.15) is 0 Å². The van der Waals surface area contributed by atoms with E-state index < -0.39 is 0 Å². The number of rotatable bonds is 2. The molecule has 0 saturated heterocycles. The molecule has 2 aliphatic rings. The Hall–Kier alpha value is -1.59. The average molecular weight is 339 g/mol. The Kier molecular flexibility index (Phi) is 3.30. The van der Waals surface area contributed by atoms with Gasteiger partial charge in [0.25, 0.3) is 0 Å². The lowest BCUT2D eigenvalue weighted by molar-refractivity contribution is 0.725. The zero-order valence-electron chi connectivity index (χ0n) is 12.7. The molecule has 3 aromatic rings. The fraction of sp³-hybridized carbons (Fsp3) is 0.333. The molecule has 0 bridgehead atoms. The van der Waals surface area contributed by atoms with E-state index in [0.717, 1.165) is 22.8 Å². The van der Waals surface area contributed by atoms with E-state index in [0.29, 0.717) is 6.04 Å². The predicted octanol–water partition coefficient (Wildman–Crippen LogP) is 4.83. The summed E-state index contributed by atoms with van der Waals surface area (Å²) in [6, 6.07) is 9.09. The summed E-state index contributed by atoms with van der Waals surface area (Å²) in [7, 11) is 0. The molecule has 0 amide bonds. The van der Waals surface area contributed by atoms with Gasteiger partial charge in [-0.1, -0.05) is 18.2 Å². The summed E-state index contributed by atoms with van der Waals surface area (Å²) in [6.07, 6.45) is 6.50. The number of thioether (sulfide) groups is 1. The van der Waals surface area contributed by atoms with Crippen LogP contribution in [-0.4, -0.2) is 15.7 Å². The normalized spacial score (nSPS) is 19.6. The first-order valence-electron chi connectivity index (χ1n) is 8.13. The topological polar surface area (TPSA) is 37.8 Å². The van der Waals surface area contributed by atoms with Crippen molar-refractivity contribution in [2.75, 3.05) is 11.1 Å². The summed E-state index contributed by atoms with van der Waals surface area (Å²) in [6.45, 7) is 0. The van der Waals surface area contributed by atoms with Gasteiger partial charge < -0.3 is 5.32 Å². The summed E-state index contributed by atoms with van der Waals surface area (Å²) >= 11 is 3.81. The number of thiophene rings is 1. The molecule has 0 radical (unpaired) electrons. The molecule has 1 aliphatic carbocycles. The van der Waals surface area contributed by atoms with Gasteiger partial charge >= 0.3 is 0 Å². The molecule has 1 N–H and O–H groups in total. The number of aryl methyl sites for hydroxylation is 2. The number of benzene rings is 1. The third-order valence-corrected chi connectivity index (χ3v) is 7.09. The SMILES string of the molecule is c1ccc2c(c1)SCC[C@H]2Nc1ncnc2sc3c(c12)CCC3. The van der Waals surface area contributed by atoms with E-state index >= 15 is 0 Å². The molecule has 0 saturated carbocycles. The zero-order chi connectivity index (χ0) is 15.2. The first-order chi connectivity index (χ1) is 11.4. The number of hydrogen-bond donors (Lipinski definition) is 1. The molecular weight excluding hydrogens is 322 g/mol. The third kappa shape index (κ3) is 2.25.